The van der Waals surface area contributed by atoms with Gasteiger partial charge in [-0.2, -0.15) is 0 Å². The van der Waals surface area contributed by atoms with Crippen molar-refractivity contribution in [3.05, 3.63) is 71.5 Å². The third kappa shape index (κ3) is 9.14. The lowest BCUT2D eigenvalue weighted by molar-refractivity contribution is 0.0661. The van der Waals surface area contributed by atoms with E-state index in [1.807, 2.05) is 24.3 Å². The van der Waals surface area contributed by atoms with Crippen LogP contribution >= 0.6 is 0 Å². The number of hydrogen-bond acceptors (Lipinski definition) is 2. The maximum atomic E-state index is 11.8. The first-order valence-electron chi connectivity index (χ1n) is 8.70. The van der Waals surface area contributed by atoms with Gasteiger partial charge in [-0.1, -0.05) is 48.4 Å². The molecule has 1 rings (SSSR count). The number of carbonyl (C=O) groups is 1. The topological polar surface area (TPSA) is 26.3 Å². The first kappa shape index (κ1) is 20.0. The summed E-state index contributed by atoms with van der Waals surface area (Å²) in [5.74, 6) is 0.0736. The van der Waals surface area contributed by atoms with Gasteiger partial charge in [0.05, 0.1) is 11.8 Å². The second-order valence-electron chi connectivity index (χ2n) is 6.53. The Balaban J connectivity index is 2.27. The number of rotatable bonds is 9. The fourth-order valence-corrected chi connectivity index (χ4v) is 2.26. The predicted molar refractivity (Wildman–Crippen MR) is 102 cm³/mol. The normalized spacial score (nSPS) is 12.9. The highest BCUT2D eigenvalue weighted by atomic mass is 16.5. The first-order chi connectivity index (χ1) is 11.5. The van der Waals surface area contributed by atoms with E-state index in [2.05, 4.69) is 39.8 Å². The fraction of sp³-hybridized carbons (Fsp3) is 0.409. The Morgan fingerprint density at radius 3 is 2.46 bits per heavy atom. The molecule has 0 heterocycles. The van der Waals surface area contributed by atoms with E-state index in [9.17, 15) is 4.79 Å². The number of ether oxygens (including phenoxy) is 1. The summed E-state index contributed by atoms with van der Waals surface area (Å²) in [6.07, 6.45) is 12.4. The van der Waals surface area contributed by atoms with Crippen LogP contribution in [0, 0.1) is 5.92 Å². The van der Waals surface area contributed by atoms with Crippen LogP contribution in [0.2, 0.25) is 0 Å². The molecule has 0 aromatic heterocycles. The molecule has 1 aromatic rings. The monoisotopic (exact) mass is 326 g/mol. The van der Waals surface area contributed by atoms with Crippen LogP contribution in [-0.2, 0) is 4.74 Å². The van der Waals surface area contributed by atoms with Crippen LogP contribution in [0.25, 0.3) is 0 Å². The molecular formula is C22H30O2. The van der Waals surface area contributed by atoms with E-state index in [4.69, 9.17) is 4.74 Å². The van der Waals surface area contributed by atoms with Gasteiger partial charge in [-0.3, -0.25) is 0 Å². The fourth-order valence-electron chi connectivity index (χ4n) is 2.26. The second-order valence-corrected chi connectivity index (χ2v) is 6.53. The van der Waals surface area contributed by atoms with Gasteiger partial charge in [0, 0.05) is 0 Å². The summed E-state index contributed by atoms with van der Waals surface area (Å²) in [6, 6.07) is 9.04. The van der Waals surface area contributed by atoms with E-state index in [0.29, 0.717) is 11.5 Å². The smallest absolute Gasteiger partial charge is 0.342 e. The summed E-state index contributed by atoms with van der Waals surface area (Å²) in [6.45, 7) is 8.61. The maximum absolute atomic E-state index is 11.8. The average molecular weight is 326 g/mol. The van der Waals surface area contributed by atoms with E-state index in [1.165, 1.54) is 17.4 Å². The molecule has 1 atom stereocenters. The van der Waals surface area contributed by atoms with Crippen LogP contribution in [0.5, 0.6) is 0 Å². The highest BCUT2D eigenvalue weighted by Crippen LogP contribution is 2.13. The Labute approximate surface area is 146 Å². The lowest BCUT2D eigenvalue weighted by atomic mass is 10.0. The van der Waals surface area contributed by atoms with Crippen LogP contribution in [0.15, 0.2) is 66.0 Å². The quantitative estimate of drug-likeness (QED) is 0.295. The van der Waals surface area contributed by atoms with Crippen LogP contribution in [0.1, 0.15) is 63.7 Å². The third-order valence-electron chi connectivity index (χ3n) is 3.80. The van der Waals surface area contributed by atoms with Crippen molar-refractivity contribution in [3.63, 3.8) is 0 Å². The van der Waals surface area contributed by atoms with Crippen molar-refractivity contribution < 1.29 is 9.53 Å². The molecule has 0 N–H and O–H groups in total. The van der Waals surface area contributed by atoms with Gasteiger partial charge in [-0.25, -0.2) is 4.79 Å². The molecular weight excluding hydrogens is 296 g/mol. The SMILES string of the molecule is CC(C)=CCC/C(C)=C/CCC(C)/C=C/OC(=O)c1ccccc1. The zero-order chi connectivity index (χ0) is 17.8. The second kappa shape index (κ2) is 11.4. The number of hydrogen-bond donors (Lipinski definition) is 0. The lowest BCUT2D eigenvalue weighted by Gasteiger charge is -2.05. The Bertz CT molecular complexity index is 575. The molecule has 0 fully saturated rings. The van der Waals surface area contributed by atoms with Gasteiger partial charge < -0.3 is 4.74 Å². The molecule has 0 radical (unpaired) electrons. The summed E-state index contributed by atoms with van der Waals surface area (Å²) >= 11 is 0. The molecule has 0 bridgehead atoms. The molecule has 0 aliphatic heterocycles. The van der Waals surface area contributed by atoms with Crippen LogP contribution < -0.4 is 0 Å². The highest BCUT2D eigenvalue weighted by Gasteiger charge is 2.04. The Kier molecular flexibility index (Phi) is 9.52. The van der Waals surface area contributed by atoms with E-state index in [1.54, 1.807) is 12.1 Å². The van der Waals surface area contributed by atoms with Gasteiger partial charge in [-0.05, 0) is 70.6 Å². The van der Waals surface area contributed by atoms with Gasteiger partial charge in [0.25, 0.3) is 0 Å². The van der Waals surface area contributed by atoms with Crippen LogP contribution in [0.3, 0.4) is 0 Å². The largest absolute Gasteiger partial charge is 0.431 e. The molecule has 130 valence electrons. The minimum atomic E-state index is -0.311. The van der Waals surface area contributed by atoms with Crippen molar-refractivity contribution in [2.24, 2.45) is 5.92 Å². The van der Waals surface area contributed by atoms with E-state index in [0.717, 1.165) is 25.7 Å². The summed E-state index contributed by atoms with van der Waals surface area (Å²) in [5.41, 5.74) is 3.40. The number of carbonyl (C=O) groups excluding carboxylic acids is 1. The first-order valence-corrected chi connectivity index (χ1v) is 8.70. The van der Waals surface area contributed by atoms with Crippen molar-refractivity contribution >= 4 is 5.97 Å². The maximum Gasteiger partial charge on any atom is 0.342 e. The molecule has 0 saturated heterocycles. The van der Waals surface area contributed by atoms with E-state index in [-0.39, 0.29) is 5.97 Å². The van der Waals surface area contributed by atoms with Crippen LogP contribution in [-0.4, -0.2) is 5.97 Å². The van der Waals surface area contributed by atoms with Gasteiger partial charge in [-0.15, -0.1) is 0 Å². The Hall–Kier alpha value is -2.09. The molecule has 0 amide bonds. The highest BCUT2D eigenvalue weighted by molar-refractivity contribution is 5.89. The molecule has 0 aliphatic carbocycles. The lowest BCUT2D eigenvalue weighted by Crippen LogP contribution is -2.00. The standard InChI is InChI=1S/C22H30O2/c1-18(2)10-8-11-19(3)12-9-13-20(4)16-17-24-22(23)21-14-6-5-7-15-21/h5-7,10,12,14-17,20H,8-9,11,13H2,1-4H3/b17-16+,19-12+. The van der Waals surface area contributed by atoms with Gasteiger partial charge >= 0.3 is 5.97 Å². The molecule has 1 aromatic carbocycles. The molecule has 2 heteroatoms. The zero-order valence-corrected chi connectivity index (χ0v) is 15.4. The third-order valence-corrected chi connectivity index (χ3v) is 3.80. The number of allylic oxidation sites excluding steroid dienone is 5. The van der Waals surface area contributed by atoms with Gasteiger partial charge in [0.15, 0.2) is 0 Å². The number of esters is 1. The Morgan fingerprint density at radius 2 is 1.79 bits per heavy atom. The Morgan fingerprint density at radius 1 is 1.08 bits per heavy atom. The van der Waals surface area contributed by atoms with Crippen molar-refractivity contribution in [1.29, 1.82) is 0 Å². The summed E-state index contributed by atoms with van der Waals surface area (Å²) in [5, 5.41) is 0. The van der Waals surface area contributed by atoms with Crippen LogP contribution in [0.4, 0.5) is 0 Å². The van der Waals surface area contributed by atoms with E-state index >= 15 is 0 Å². The van der Waals surface area contributed by atoms with Gasteiger partial charge in [0.2, 0.25) is 0 Å². The molecule has 0 spiro atoms. The minimum Gasteiger partial charge on any atom is -0.431 e. The summed E-state index contributed by atoms with van der Waals surface area (Å²) in [7, 11) is 0. The van der Waals surface area contributed by atoms with Crippen molar-refractivity contribution in [3.8, 4) is 0 Å². The molecule has 24 heavy (non-hydrogen) atoms. The summed E-state index contributed by atoms with van der Waals surface area (Å²) < 4.78 is 5.16. The molecule has 0 saturated carbocycles. The average Bonchev–Trinajstić information content (AvgIpc) is 2.55. The molecule has 2 nitrogen and oxygen atoms in total. The zero-order valence-electron chi connectivity index (χ0n) is 15.4. The molecule has 0 aliphatic rings. The summed E-state index contributed by atoms with van der Waals surface area (Å²) in [4.78, 5) is 11.8. The van der Waals surface area contributed by atoms with Crippen molar-refractivity contribution in [2.75, 3.05) is 0 Å². The van der Waals surface area contributed by atoms with Crippen molar-refractivity contribution in [2.45, 2.75) is 53.4 Å². The minimum absolute atomic E-state index is 0.311. The predicted octanol–water partition coefficient (Wildman–Crippen LogP) is 6.47. The van der Waals surface area contributed by atoms with E-state index < -0.39 is 0 Å². The molecule has 1 unspecified atom stereocenters. The van der Waals surface area contributed by atoms with Gasteiger partial charge in [0.1, 0.15) is 0 Å². The van der Waals surface area contributed by atoms with Crippen molar-refractivity contribution in [1.82, 2.24) is 0 Å². The number of benzene rings is 1.